The predicted molar refractivity (Wildman–Crippen MR) is 66.7 cm³/mol. The Labute approximate surface area is 102 Å². The topological polar surface area (TPSA) is 30.5 Å². The summed E-state index contributed by atoms with van der Waals surface area (Å²) in [5, 5.41) is 3.08. The summed E-state index contributed by atoms with van der Waals surface area (Å²) in [6.45, 7) is 2.90. The maximum Gasteiger partial charge on any atom is 0.126 e. The molecule has 1 aromatic rings. The second-order valence-corrected chi connectivity index (χ2v) is 3.78. The standard InChI is InChI=1S/C12H18ClNO2/c1-9-6-10(15-2)7-12(16-3)11(9)4-5-14-8-13/h6-7,14H,4-5,8H2,1-3H3. The Morgan fingerprint density at radius 3 is 2.56 bits per heavy atom. The summed E-state index contributed by atoms with van der Waals surface area (Å²) in [4.78, 5) is 0. The van der Waals surface area contributed by atoms with Gasteiger partial charge in [0.2, 0.25) is 0 Å². The van der Waals surface area contributed by atoms with Crippen LogP contribution in [0.15, 0.2) is 12.1 Å². The molecular weight excluding hydrogens is 226 g/mol. The number of hydrogen-bond acceptors (Lipinski definition) is 3. The maximum atomic E-state index is 5.57. The van der Waals surface area contributed by atoms with Crippen LogP contribution in [0.2, 0.25) is 0 Å². The molecule has 0 spiro atoms. The first-order valence-corrected chi connectivity index (χ1v) is 5.74. The number of ether oxygens (including phenoxy) is 2. The molecule has 0 radical (unpaired) electrons. The Hall–Kier alpha value is -0.930. The molecule has 0 aliphatic heterocycles. The molecule has 0 amide bonds. The molecule has 0 bridgehead atoms. The van der Waals surface area contributed by atoms with Crippen LogP contribution in [0.5, 0.6) is 11.5 Å². The van der Waals surface area contributed by atoms with Crippen molar-refractivity contribution in [1.82, 2.24) is 5.32 Å². The van der Waals surface area contributed by atoms with Crippen LogP contribution in [0.1, 0.15) is 11.1 Å². The van der Waals surface area contributed by atoms with Gasteiger partial charge in [-0.05, 0) is 30.5 Å². The fourth-order valence-corrected chi connectivity index (χ4v) is 1.79. The quantitative estimate of drug-likeness (QED) is 0.473. The van der Waals surface area contributed by atoms with E-state index in [1.165, 1.54) is 11.1 Å². The molecule has 0 aliphatic carbocycles. The van der Waals surface area contributed by atoms with Crippen molar-refractivity contribution in [3.63, 3.8) is 0 Å². The van der Waals surface area contributed by atoms with Gasteiger partial charge in [0, 0.05) is 12.6 Å². The molecule has 16 heavy (non-hydrogen) atoms. The van der Waals surface area contributed by atoms with Gasteiger partial charge in [-0.1, -0.05) is 0 Å². The van der Waals surface area contributed by atoms with Crippen LogP contribution < -0.4 is 14.8 Å². The van der Waals surface area contributed by atoms with Crippen LogP contribution in [0.3, 0.4) is 0 Å². The minimum absolute atomic E-state index is 0.470. The van der Waals surface area contributed by atoms with Crippen LogP contribution >= 0.6 is 11.6 Å². The van der Waals surface area contributed by atoms with Gasteiger partial charge >= 0.3 is 0 Å². The van der Waals surface area contributed by atoms with Crippen molar-refractivity contribution in [2.24, 2.45) is 0 Å². The molecule has 1 N–H and O–H groups in total. The average Bonchev–Trinajstić information content (AvgIpc) is 2.30. The van der Waals surface area contributed by atoms with Crippen molar-refractivity contribution in [3.05, 3.63) is 23.3 Å². The van der Waals surface area contributed by atoms with Gasteiger partial charge in [0.25, 0.3) is 0 Å². The molecular formula is C12H18ClNO2. The molecule has 0 saturated carbocycles. The lowest BCUT2D eigenvalue weighted by atomic mass is 10.0. The summed E-state index contributed by atoms with van der Waals surface area (Å²) in [6, 6.07) is 4.39. The minimum atomic E-state index is 0.470. The molecule has 0 unspecified atom stereocenters. The van der Waals surface area contributed by atoms with E-state index in [1.807, 2.05) is 12.1 Å². The molecule has 3 nitrogen and oxygen atoms in total. The van der Waals surface area contributed by atoms with E-state index in [0.29, 0.717) is 6.00 Å². The molecule has 0 aromatic heterocycles. The fourth-order valence-electron chi connectivity index (χ4n) is 1.65. The fraction of sp³-hybridized carbons (Fsp3) is 0.500. The first-order valence-electron chi connectivity index (χ1n) is 5.21. The van der Waals surface area contributed by atoms with E-state index in [4.69, 9.17) is 21.1 Å². The van der Waals surface area contributed by atoms with E-state index in [0.717, 1.165) is 24.5 Å². The van der Waals surface area contributed by atoms with Crippen LogP contribution in [-0.4, -0.2) is 26.8 Å². The number of nitrogens with one attached hydrogen (secondary N) is 1. The Kier molecular flexibility index (Phi) is 5.43. The largest absolute Gasteiger partial charge is 0.497 e. The van der Waals surface area contributed by atoms with Crippen molar-refractivity contribution in [1.29, 1.82) is 0 Å². The first-order chi connectivity index (χ1) is 7.72. The Morgan fingerprint density at radius 1 is 1.25 bits per heavy atom. The molecule has 0 aliphatic rings. The Bertz CT molecular complexity index is 342. The zero-order valence-corrected chi connectivity index (χ0v) is 10.7. The molecule has 1 aromatic carbocycles. The van der Waals surface area contributed by atoms with Gasteiger partial charge < -0.3 is 14.8 Å². The van der Waals surface area contributed by atoms with Gasteiger partial charge in [-0.2, -0.15) is 0 Å². The SMILES string of the molecule is COc1cc(C)c(CCNCCl)c(OC)c1. The number of halogens is 1. The zero-order chi connectivity index (χ0) is 12.0. The average molecular weight is 244 g/mol. The lowest BCUT2D eigenvalue weighted by Crippen LogP contribution is -2.15. The third kappa shape index (κ3) is 3.29. The molecule has 0 heterocycles. The molecule has 0 atom stereocenters. The van der Waals surface area contributed by atoms with E-state index >= 15 is 0 Å². The highest BCUT2D eigenvalue weighted by Crippen LogP contribution is 2.28. The first kappa shape index (κ1) is 13.1. The highest BCUT2D eigenvalue weighted by molar-refractivity contribution is 6.17. The smallest absolute Gasteiger partial charge is 0.126 e. The van der Waals surface area contributed by atoms with E-state index in [9.17, 15) is 0 Å². The van der Waals surface area contributed by atoms with E-state index < -0.39 is 0 Å². The van der Waals surface area contributed by atoms with Crippen LogP contribution in [0.25, 0.3) is 0 Å². The monoisotopic (exact) mass is 243 g/mol. The van der Waals surface area contributed by atoms with Crippen LogP contribution in [0, 0.1) is 6.92 Å². The summed E-state index contributed by atoms with van der Waals surface area (Å²) >= 11 is 5.57. The number of alkyl halides is 1. The van der Waals surface area contributed by atoms with Gasteiger partial charge in [-0.3, -0.25) is 0 Å². The molecule has 0 saturated heterocycles. The number of methoxy groups -OCH3 is 2. The van der Waals surface area contributed by atoms with Crippen molar-refractivity contribution in [2.75, 3.05) is 26.8 Å². The van der Waals surface area contributed by atoms with Gasteiger partial charge in [0.15, 0.2) is 0 Å². The van der Waals surface area contributed by atoms with E-state index in [-0.39, 0.29) is 0 Å². The summed E-state index contributed by atoms with van der Waals surface area (Å²) in [5.74, 6) is 1.69. The second-order valence-electron chi connectivity index (χ2n) is 3.51. The van der Waals surface area contributed by atoms with Crippen molar-refractivity contribution >= 4 is 11.6 Å². The lowest BCUT2D eigenvalue weighted by molar-refractivity contribution is 0.390. The highest BCUT2D eigenvalue weighted by atomic mass is 35.5. The van der Waals surface area contributed by atoms with Crippen molar-refractivity contribution in [2.45, 2.75) is 13.3 Å². The number of aryl methyl sites for hydroxylation is 1. The number of rotatable bonds is 6. The number of hydrogen-bond donors (Lipinski definition) is 1. The maximum absolute atomic E-state index is 5.57. The third-order valence-corrected chi connectivity index (χ3v) is 2.70. The van der Waals surface area contributed by atoms with Gasteiger partial charge in [-0.25, -0.2) is 0 Å². The zero-order valence-electron chi connectivity index (χ0n) is 9.97. The third-order valence-electron chi connectivity index (χ3n) is 2.51. The Morgan fingerprint density at radius 2 is 2.00 bits per heavy atom. The minimum Gasteiger partial charge on any atom is -0.497 e. The predicted octanol–water partition coefficient (Wildman–Crippen LogP) is 2.34. The van der Waals surface area contributed by atoms with E-state index in [2.05, 4.69) is 12.2 Å². The summed E-state index contributed by atoms with van der Waals surface area (Å²) in [7, 11) is 3.33. The molecule has 90 valence electrons. The van der Waals surface area contributed by atoms with Gasteiger partial charge in [0.1, 0.15) is 11.5 Å². The second kappa shape index (κ2) is 6.61. The van der Waals surface area contributed by atoms with Gasteiger partial charge in [-0.15, -0.1) is 11.6 Å². The summed E-state index contributed by atoms with van der Waals surface area (Å²) in [5.41, 5.74) is 2.37. The Balaban J connectivity index is 2.88. The summed E-state index contributed by atoms with van der Waals surface area (Å²) in [6.07, 6.45) is 0.895. The molecule has 0 fully saturated rings. The van der Waals surface area contributed by atoms with Crippen LogP contribution in [-0.2, 0) is 6.42 Å². The van der Waals surface area contributed by atoms with Crippen molar-refractivity contribution in [3.8, 4) is 11.5 Å². The molecule has 4 heteroatoms. The summed E-state index contributed by atoms with van der Waals surface area (Å²) < 4.78 is 10.6. The van der Waals surface area contributed by atoms with Crippen LogP contribution in [0.4, 0.5) is 0 Å². The van der Waals surface area contributed by atoms with Gasteiger partial charge in [0.05, 0.1) is 20.2 Å². The van der Waals surface area contributed by atoms with E-state index in [1.54, 1.807) is 14.2 Å². The lowest BCUT2D eigenvalue weighted by Gasteiger charge is -2.13. The normalized spacial score (nSPS) is 10.2. The molecule has 1 rings (SSSR count). The highest BCUT2D eigenvalue weighted by Gasteiger charge is 2.08. The number of benzene rings is 1. The van der Waals surface area contributed by atoms with Crippen molar-refractivity contribution < 1.29 is 9.47 Å².